The van der Waals surface area contributed by atoms with Gasteiger partial charge in [0.25, 0.3) is 5.56 Å². The van der Waals surface area contributed by atoms with Crippen LogP contribution < -0.4 is 16.0 Å². The normalized spacial score (nSPS) is 16.5. The second kappa shape index (κ2) is 5.89. The lowest BCUT2D eigenvalue weighted by Crippen LogP contribution is -2.28. The van der Waals surface area contributed by atoms with Crippen LogP contribution in [0.1, 0.15) is 48.1 Å². The summed E-state index contributed by atoms with van der Waals surface area (Å²) in [7, 11) is 0. The number of aromatic amines is 1. The molecule has 3 rings (SSSR count). The molecule has 3 N–H and O–H groups in total. The number of nitriles is 1. The molecule has 0 saturated heterocycles. The number of pyridine rings is 1. The topological polar surface area (TPSA) is 91.9 Å². The molecule has 122 valence electrons. The van der Waals surface area contributed by atoms with Gasteiger partial charge in [-0.2, -0.15) is 5.26 Å². The predicted octanol–water partition coefficient (Wildman–Crippen LogP) is 3.02. The van der Waals surface area contributed by atoms with Crippen molar-refractivity contribution in [2.24, 2.45) is 5.73 Å². The molecule has 24 heavy (non-hydrogen) atoms. The maximum atomic E-state index is 12.5. The Balaban J connectivity index is 2.22. The Bertz CT molecular complexity index is 915. The van der Waals surface area contributed by atoms with Crippen molar-refractivity contribution in [2.75, 3.05) is 0 Å². The number of rotatable bonds is 2. The van der Waals surface area contributed by atoms with E-state index in [0.29, 0.717) is 22.9 Å². The fourth-order valence-electron chi connectivity index (χ4n) is 3.01. The third-order valence-corrected chi connectivity index (χ3v) is 4.29. The van der Waals surface area contributed by atoms with Crippen molar-refractivity contribution >= 4 is 0 Å². The minimum atomic E-state index is -0.524. The van der Waals surface area contributed by atoms with E-state index in [9.17, 15) is 10.1 Å². The Labute approximate surface area is 140 Å². The van der Waals surface area contributed by atoms with Gasteiger partial charge < -0.3 is 15.5 Å². The van der Waals surface area contributed by atoms with Crippen molar-refractivity contribution in [1.82, 2.24) is 4.98 Å². The summed E-state index contributed by atoms with van der Waals surface area (Å²) in [6, 6.07) is 11.7. The Hall–Kier alpha value is -3.00. The minimum absolute atomic E-state index is 0.0490. The van der Waals surface area contributed by atoms with Crippen LogP contribution in [0.3, 0.4) is 0 Å². The predicted molar refractivity (Wildman–Crippen MR) is 91.6 cm³/mol. The lowest BCUT2D eigenvalue weighted by molar-refractivity contribution is 0.391. The zero-order valence-electron chi connectivity index (χ0n) is 13.9. The number of hydrogen-bond acceptors (Lipinski definition) is 4. The fourth-order valence-corrected chi connectivity index (χ4v) is 3.01. The summed E-state index contributed by atoms with van der Waals surface area (Å²) in [5.74, 6) is 0.339. The van der Waals surface area contributed by atoms with Gasteiger partial charge in [0.15, 0.2) is 0 Å². The summed E-state index contributed by atoms with van der Waals surface area (Å²) in [5, 5.41) is 9.53. The first kappa shape index (κ1) is 15.9. The largest absolute Gasteiger partial charge is 0.440 e. The monoisotopic (exact) mass is 321 g/mol. The molecule has 2 heterocycles. The molecule has 0 amide bonds. The molecule has 5 heteroatoms. The van der Waals surface area contributed by atoms with E-state index in [2.05, 4.69) is 24.9 Å². The lowest BCUT2D eigenvalue weighted by Gasteiger charge is -2.26. The Morgan fingerprint density at radius 3 is 2.54 bits per heavy atom. The molecule has 1 aromatic heterocycles. The van der Waals surface area contributed by atoms with Gasteiger partial charge in [-0.15, -0.1) is 0 Å². The standard InChI is InChI=1S/C19H19N3O2/c1-10(2)12-4-6-13(7-5-12)16-14(9-20)18(21)24-15-8-11(3)22-19(23)17(15)16/h4-8,10,16H,21H2,1-3H3,(H,22,23)/t16-/m1/s1. The highest BCUT2D eigenvalue weighted by Gasteiger charge is 2.33. The second-order valence-corrected chi connectivity index (χ2v) is 6.31. The van der Waals surface area contributed by atoms with Gasteiger partial charge in [-0.05, 0) is 24.0 Å². The quantitative estimate of drug-likeness (QED) is 0.889. The van der Waals surface area contributed by atoms with Crippen molar-refractivity contribution in [1.29, 1.82) is 5.26 Å². The van der Waals surface area contributed by atoms with E-state index in [4.69, 9.17) is 10.5 Å². The van der Waals surface area contributed by atoms with Gasteiger partial charge in [-0.25, -0.2) is 0 Å². The highest BCUT2D eigenvalue weighted by atomic mass is 16.5. The van der Waals surface area contributed by atoms with Crippen molar-refractivity contribution in [2.45, 2.75) is 32.6 Å². The van der Waals surface area contributed by atoms with Gasteiger partial charge in [-0.3, -0.25) is 4.79 Å². The first-order valence-corrected chi connectivity index (χ1v) is 7.83. The van der Waals surface area contributed by atoms with Gasteiger partial charge in [0.2, 0.25) is 5.88 Å². The van der Waals surface area contributed by atoms with Gasteiger partial charge in [0.05, 0.1) is 11.5 Å². The SMILES string of the molecule is Cc1cc2c(c(=O)[nH]1)[C@H](c1ccc(C(C)C)cc1)C(C#N)=C(N)O2. The number of H-pyrrole nitrogens is 1. The maximum Gasteiger partial charge on any atom is 0.256 e. The lowest BCUT2D eigenvalue weighted by atomic mass is 9.83. The molecule has 1 atom stereocenters. The number of hydrogen-bond donors (Lipinski definition) is 2. The van der Waals surface area contributed by atoms with Gasteiger partial charge in [0.1, 0.15) is 17.4 Å². The van der Waals surface area contributed by atoms with Crippen LogP contribution in [0.5, 0.6) is 5.75 Å². The van der Waals surface area contributed by atoms with Crippen molar-refractivity contribution < 1.29 is 4.74 Å². The van der Waals surface area contributed by atoms with Crippen molar-refractivity contribution in [3.8, 4) is 11.8 Å². The molecule has 0 aliphatic carbocycles. The highest BCUT2D eigenvalue weighted by Crippen LogP contribution is 2.40. The summed E-state index contributed by atoms with van der Waals surface area (Å²) in [5.41, 5.74) is 9.07. The van der Waals surface area contributed by atoms with Crippen LogP contribution in [0.25, 0.3) is 0 Å². The van der Waals surface area contributed by atoms with Crippen molar-refractivity contribution in [3.05, 3.63) is 74.5 Å². The van der Waals surface area contributed by atoms with E-state index in [0.717, 1.165) is 5.56 Å². The molecule has 1 aliphatic heterocycles. The highest BCUT2D eigenvalue weighted by molar-refractivity contribution is 5.55. The molecule has 2 aromatic rings. The molecule has 5 nitrogen and oxygen atoms in total. The minimum Gasteiger partial charge on any atom is -0.440 e. The smallest absolute Gasteiger partial charge is 0.256 e. The van der Waals surface area contributed by atoms with Crippen LogP contribution in [0.15, 0.2) is 46.6 Å². The van der Waals surface area contributed by atoms with Crippen LogP contribution in [0.4, 0.5) is 0 Å². The van der Waals surface area contributed by atoms with E-state index in [1.165, 1.54) is 5.56 Å². The molecule has 1 aliphatic rings. The summed E-state index contributed by atoms with van der Waals surface area (Å²) in [6.45, 7) is 6.01. The van der Waals surface area contributed by atoms with E-state index in [1.807, 2.05) is 24.3 Å². The number of benzene rings is 1. The third-order valence-electron chi connectivity index (χ3n) is 4.29. The Morgan fingerprint density at radius 1 is 1.29 bits per heavy atom. The number of ether oxygens (including phenoxy) is 1. The van der Waals surface area contributed by atoms with Crippen molar-refractivity contribution in [3.63, 3.8) is 0 Å². The van der Waals surface area contributed by atoms with Crippen LogP contribution in [-0.2, 0) is 0 Å². The number of nitrogens with one attached hydrogen (secondary N) is 1. The molecule has 1 aromatic carbocycles. The number of nitrogens with two attached hydrogens (primary N) is 1. The second-order valence-electron chi connectivity index (χ2n) is 6.31. The number of aromatic nitrogens is 1. The fraction of sp³-hybridized carbons (Fsp3) is 0.263. The zero-order valence-corrected chi connectivity index (χ0v) is 13.9. The van der Waals surface area contributed by atoms with Gasteiger partial charge in [-0.1, -0.05) is 38.1 Å². The van der Waals surface area contributed by atoms with Crippen LogP contribution in [-0.4, -0.2) is 4.98 Å². The Morgan fingerprint density at radius 2 is 1.96 bits per heavy atom. The molecule has 0 bridgehead atoms. The van der Waals surface area contributed by atoms with E-state index >= 15 is 0 Å². The molecule has 0 spiro atoms. The summed E-state index contributed by atoms with van der Waals surface area (Å²) >= 11 is 0. The molecule has 0 saturated carbocycles. The van der Waals surface area contributed by atoms with Crippen LogP contribution >= 0.6 is 0 Å². The molecule has 0 fully saturated rings. The molecule has 0 radical (unpaired) electrons. The summed E-state index contributed by atoms with van der Waals surface area (Å²) in [6.07, 6.45) is 0. The number of nitrogens with zero attached hydrogens (tertiary/aromatic N) is 1. The van der Waals surface area contributed by atoms with Crippen LogP contribution in [0.2, 0.25) is 0 Å². The van der Waals surface area contributed by atoms with Gasteiger partial charge in [0, 0.05) is 11.8 Å². The summed E-state index contributed by atoms with van der Waals surface area (Å²) in [4.78, 5) is 15.3. The van der Waals surface area contributed by atoms with Gasteiger partial charge >= 0.3 is 0 Å². The molecular weight excluding hydrogens is 302 g/mol. The Kier molecular flexibility index (Phi) is 3.90. The number of fused-ring (bicyclic) bond motifs is 1. The summed E-state index contributed by atoms with van der Waals surface area (Å²) < 4.78 is 5.53. The first-order valence-electron chi connectivity index (χ1n) is 7.83. The average molecular weight is 321 g/mol. The average Bonchev–Trinajstić information content (AvgIpc) is 2.53. The first-order chi connectivity index (χ1) is 11.4. The van der Waals surface area contributed by atoms with E-state index in [1.54, 1.807) is 13.0 Å². The molecular formula is C19H19N3O2. The maximum absolute atomic E-state index is 12.5. The number of allylic oxidation sites excluding steroid dienone is 1. The van der Waals surface area contributed by atoms with Crippen LogP contribution in [0, 0.1) is 18.3 Å². The van der Waals surface area contributed by atoms with E-state index < -0.39 is 5.92 Å². The number of aryl methyl sites for hydroxylation is 1. The molecule has 0 unspecified atom stereocenters. The zero-order chi connectivity index (χ0) is 17.4. The van der Waals surface area contributed by atoms with E-state index in [-0.39, 0.29) is 17.0 Å². The third kappa shape index (κ3) is 2.56.